The van der Waals surface area contributed by atoms with Crippen LogP contribution in [0.3, 0.4) is 0 Å². The summed E-state index contributed by atoms with van der Waals surface area (Å²) in [5, 5.41) is 9.02. The molecular formula is C18H19ClN2O2. The number of carboxylic acids is 1. The molecule has 0 saturated heterocycles. The van der Waals surface area contributed by atoms with Gasteiger partial charge in [0.25, 0.3) is 0 Å². The Kier molecular flexibility index (Phi) is 5.06. The van der Waals surface area contributed by atoms with Crippen molar-refractivity contribution in [3.8, 4) is 0 Å². The third kappa shape index (κ3) is 3.37. The lowest BCUT2D eigenvalue weighted by molar-refractivity contribution is 0.0697. The molecule has 0 aromatic heterocycles. The van der Waals surface area contributed by atoms with Crippen molar-refractivity contribution in [2.75, 3.05) is 14.1 Å². The maximum atomic E-state index is 11.0. The van der Waals surface area contributed by atoms with Crippen LogP contribution in [0.2, 0.25) is 0 Å². The molecule has 1 N–H and O–H groups in total. The summed E-state index contributed by atoms with van der Waals surface area (Å²) in [5.41, 5.74) is 3.77. The van der Waals surface area contributed by atoms with E-state index in [2.05, 4.69) is 12.1 Å². The number of hydrogen-bond acceptors (Lipinski definition) is 3. The third-order valence-electron chi connectivity index (χ3n) is 3.97. The number of carboxylic acid groups (broad SMARTS) is 1. The highest BCUT2D eigenvalue weighted by atomic mass is 35.5. The summed E-state index contributed by atoms with van der Waals surface area (Å²) in [7, 11) is 3.99. The molecule has 1 unspecified atom stereocenters. The molecule has 0 bridgehead atoms. The molecule has 0 fully saturated rings. The van der Waals surface area contributed by atoms with Crippen LogP contribution >= 0.6 is 12.4 Å². The van der Waals surface area contributed by atoms with Crippen molar-refractivity contribution in [1.82, 2.24) is 4.90 Å². The lowest BCUT2D eigenvalue weighted by atomic mass is 9.90. The molecule has 1 aliphatic heterocycles. The van der Waals surface area contributed by atoms with Crippen molar-refractivity contribution < 1.29 is 9.90 Å². The van der Waals surface area contributed by atoms with Crippen LogP contribution in [0.5, 0.6) is 0 Å². The van der Waals surface area contributed by atoms with Gasteiger partial charge in [-0.25, -0.2) is 4.79 Å². The van der Waals surface area contributed by atoms with E-state index in [-0.39, 0.29) is 18.4 Å². The molecular weight excluding hydrogens is 312 g/mol. The van der Waals surface area contributed by atoms with Gasteiger partial charge < -0.3 is 10.0 Å². The van der Waals surface area contributed by atoms with Crippen molar-refractivity contribution in [1.29, 1.82) is 0 Å². The number of aliphatic imine (C=N–C) groups is 1. The smallest absolute Gasteiger partial charge is 0.335 e. The van der Waals surface area contributed by atoms with E-state index < -0.39 is 5.97 Å². The molecule has 0 spiro atoms. The van der Waals surface area contributed by atoms with Crippen molar-refractivity contribution in [3.05, 3.63) is 70.8 Å². The summed E-state index contributed by atoms with van der Waals surface area (Å²) in [6.45, 7) is 0. The number of halogens is 1. The molecule has 1 atom stereocenters. The van der Waals surface area contributed by atoms with E-state index in [0.29, 0.717) is 5.56 Å². The molecule has 0 aliphatic carbocycles. The highest BCUT2D eigenvalue weighted by Crippen LogP contribution is 2.33. The van der Waals surface area contributed by atoms with Crippen molar-refractivity contribution in [2.45, 2.75) is 12.5 Å². The summed E-state index contributed by atoms with van der Waals surface area (Å²) in [4.78, 5) is 17.9. The zero-order valence-electron chi connectivity index (χ0n) is 13.1. The number of benzene rings is 2. The SMILES string of the molecule is CN(C)C1=NC(c2ccc(C(=O)O)cc2)c2ccccc2C1.Cl. The van der Waals surface area contributed by atoms with Gasteiger partial charge in [0.2, 0.25) is 0 Å². The fourth-order valence-corrected chi connectivity index (χ4v) is 2.73. The van der Waals surface area contributed by atoms with Crippen LogP contribution in [-0.2, 0) is 6.42 Å². The Morgan fingerprint density at radius 3 is 2.39 bits per heavy atom. The average Bonchev–Trinajstić information content (AvgIpc) is 2.53. The molecule has 1 aliphatic rings. The van der Waals surface area contributed by atoms with Crippen LogP contribution in [0.15, 0.2) is 53.5 Å². The van der Waals surface area contributed by atoms with Gasteiger partial charge in [-0.15, -0.1) is 12.4 Å². The van der Waals surface area contributed by atoms with Crippen LogP contribution < -0.4 is 0 Å². The predicted molar refractivity (Wildman–Crippen MR) is 93.8 cm³/mol. The molecule has 1 heterocycles. The van der Waals surface area contributed by atoms with Gasteiger partial charge in [-0.05, 0) is 28.8 Å². The number of likely N-dealkylation sites (N-methyl/N-ethyl adjacent to an activating group) is 1. The molecule has 0 amide bonds. The topological polar surface area (TPSA) is 52.9 Å². The number of nitrogens with zero attached hydrogens (tertiary/aromatic N) is 2. The first-order valence-electron chi connectivity index (χ1n) is 7.21. The van der Waals surface area contributed by atoms with E-state index in [4.69, 9.17) is 10.1 Å². The summed E-state index contributed by atoms with van der Waals surface area (Å²) in [6, 6.07) is 15.2. The van der Waals surface area contributed by atoms with E-state index in [1.807, 2.05) is 43.3 Å². The summed E-state index contributed by atoms with van der Waals surface area (Å²) in [6.07, 6.45) is 0.826. The first kappa shape index (κ1) is 17.0. The Morgan fingerprint density at radius 2 is 1.78 bits per heavy atom. The van der Waals surface area contributed by atoms with Gasteiger partial charge in [-0.3, -0.25) is 4.99 Å². The highest BCUT2D eigenvalue weighted by Gasteiger charge is 2.23. The van der Waals surface area contributed by atoms with Crippen LogP contribution in [-0.4, -0.2) is 35.9 Å². The van der Waals surface area contributed by atoms with Gasteiger partial charge in [0.1, 0.15) is 11.9 Å². The minimum atomic E-state index is -0.909. The molecule has 4 nitrogen and oxygen atoms in total. The summed E-state index contributed by atoms with van der Waals surface area (Å²) >= 11 is 0. The number of fused-ring (bicyclic) bond motifs is 1. The van der Waals surface area contributed by atoms with E-state index in [1.54, 1.807) is 12.1 Å². The maximum Gasteiger partial charge on any atom is 0.335 e. The van der Waals surface area contributed by atoms with Gasteiger partial charge in [0.15, 0.2) is 0 Å². The van der Waals surface area contributed by atoms with Gasteiger partial charge >= 0.3 is 5.97 Å². The Balaban J connectivity index is 0.00000192. The van der Waals surface area contributed by atoms with Crippen molar-refractivity contribution in [3.63, 3.8) is 0 Å². The molecule has 120 valence electrons. The van der Waals surface area contributed by atoms with Crippen molar-refractivity contribution >= 4 is 24.2 Å². The Morgan fingerprint density at radius 1 is 1.13 bits per heavy atom. The first-order chi connectivity index (χ1) is 10.6. The zero-order valence-corrected chi connectivity index (χ0v) is 13.9. The Labute approximate surface area is 141 Å². The standard InChI is InChI=1S/C18H18N2O2.ClH/c1-20(2)16-11-14-5-3-4-6-15(14)17(19-16)12-7-9-13(10-8-12)18(21)22;/h3-10,17H,11H2,1-2H3,(H,21,22);1H. The van der Waals surface area contributed by atoms with Gasteiger partial charge in [0.05, 0.1) is 5.56 Å². The van der Waals surface area contributed by atoms with E-state index in [1.165, 1.54) is 11.1 Å². The van der Waals surface area contributed by atoms with E-state index in [0.717, 1.165) is 17.8 Å². The largest absolute Gasteiger partial charge is 0.478 e. The van der Waals surface area contributed by atoms with E-state index in [9.17, 15) is 4.79 Å². The Hall–Kier alpha value is -2.33. The maximum absolute atomic E-state index is 11.0. The number of aromatic carboxylic acids is 1. The highest BCUT2D eigenvalue weighted by molar-refractivity contribution is 5.88. The van der Waals surface area contributed by atoms with Gasteiger partial charge in [-0.2, -0.15) is 0 Å². The fourth-order valence-electron chi connectivity index (χ4n) is 2.73. The fraction of sp³-hybridized carbons (Fsp3) is 0.222. The third-order valence-corrected chi connectivity index (χ3v) is 3.97. The molecule has 0 radical (unpaired) electrons. The minimum absolute atomic E-state index is 0. The molecule has 3 rings (SSSR count). The molecule has 23 heavy (non-hydrogen) atoms. The number of amidine groups is 1. The second-order valence-corrected chi connectivity index (χ2v) is 5.65. The zero-order chi connectivity index (χ0) is 15.7. The van der Waals surface area contributed by atoms with Gasteiger partial charge in [-0.1, -0.05) is 36.4 Å². The Bertz CT molecular complexity index is 739. The molecule has 0 saturated carbocycles. The lowest BCUT2D eigenvalue weighted by Crippen LogP contribution is -2.28. The van der Waals surface area contributed by atoms with Crippen LogP contribution in [0, 0.1) is 0 Å². The summed E-state index contributed by atoms with van der Waals surface area (Å²) in [5.74, 6) is 0.124. The van der Waals surface area contributed by atoms with E-state index >= 15 is 0 Å². The second kappa shape index (κ2) is 6.84. The average molecular weight is 331 g/mol. The molecule has 2 aromatic rings. The normalized spacial score (nSPS) is 15.9. The number of rotatable bonds is 2. The molecule has 5 heteroatoms. The lowest BCUT2D eigenvalue weighted by Gasteiger charge is -2.27. The van der Waals surface area contributed by atoms with Gasteiger partial charge in [0, 0.05) is 20.5 Å². The van der Waals surface area contributed by atoms with Crippen LogP contribution in [0.25, 0.3) is 0 Å². The number of carbonyl (C=O) groups is 1. The van der Waals surface area contributed by atoms with Crippen LogP contribution in [0.4, 0.5) is 0 Å². The second-order valence-electron chi connectivity index (χ2n) is 5.65. The first-order valence-corrected chi connectivity index (χ1v) is 7.21. The predicted octanol–water partition coefficient (Wildman–Crippen LogP) is 3.41. The monoisotopic (exact) mass is 330 g/mol. The molecule has 2 aromatic carbocycles. The van der Waals surface area contributed by atoms with Crippen molar-refractivity contribution in [2.24, 2.45) is 4.99 Å². The summed E-state index contributed by atoms with van der Waals surface area (Å²) < 4.78 is 0. The number of hydrogen-bond donors (Lipinski definition) is 1. The van der Waals surface area contributed by atoms with Crippen LogP contribution in [0.1, 0.15) is 33.1 Å². The quantitative estimate of drug-likeness (QED) is 0.918. The minimum Gasteiger partial charge on any atom is -0.478 e.